The van der Waals surface area contributed by atoms with E-state index in [0.717, 1.165) is 25.7 Å². The van der Waals surface area contributed by atoms with Gasteiger partial charge in [0.2, 0.25) is 0 Å². The molecule has 0 aromatic rings. The standard InChI is InChI=1S/C25H38N2O5/c28-17(13-26-24(29)31-15-22-18-9-5-1-2-6-10-19(18)22)14-27-25(30)32-16-23-20-11-7-3-4-8-12-21(20)23/h1-4,17-23,28H,5-16H2,(H,26,29)(H,27,30)/b2-1-,4-3-/t17?,18-,19+,20-,21+,22?,23?. The molecule has 0 aromatic carbocycles. The summed E-state index contributed by atoms with van der Waals surface area (Å²) in [5.74, 6) is 3.67. The predicted molar refractivity (Wildman–Crippen MR) is 121 cm³/mol. The van der Waals surface area contributed by atoms with Crippen molar-refractivity contribution in [3.05, 3.63) is 24.3 Å². The van der Waals surface area contributed by atoms with E-state index in [2.05, 4.69) is 34.9 Å². The van der Waals surface area contributed by atoms with Crippen LogP contribution in [-0.4, -0.2) is 49.7 Å². The normalized spacial score (nSPS) is 35.8. The Kier molecular flexibility index (Phi) is 8.11. The topological polar surface area (TPSA) is 96.9 Å². The first-order valence-electron chi connectivity index (χ1n) is 12.4. The Bertz CT molecular complexity index is 618. The van der Waals surface area contributed by atoms with Crippen LogP contribution in [0.5, 0.6) is 0 Å². The molecule has 0 saturated heterocycles. The minimum Gasteiger partial charge on any atom is -0.449 e. The molecule has 0 spiro atoms. The van der Waals surface area contributed by atoms with Crippen LogP contribution < -0.4 is 10.6 Å². The number of carbonyl (C=O) groups excluding carboxylic acids is 2. The summed E-state index contributed by atoms with van der Waals surface area (Å²) in [7, 11) is 0. The van der Waals surface area contributed by atoms with E-state index in [4.69, 9.17) is 9.47 Å². The number of rotatable bonds is 8. The average Bonchev–Trinajstić information content (AvgIpc) is 3.60. The fourth-order valence-corrected chi connectivity index (χ4v) is 5.80. The molecule has 2 fully saturated rings. The third-order valence-electron chi connectivity index (χ3n) is 7.80. The Morgan fingerprint density at radius 1 is 0.719 bits per heavy atom. The summed E-state index contributed by atoms with van der Waals surface area (Å²) in [6.07, 6.45) is 16.3. The van der Waals surface area contributed by atoms with Gasteiger partial charge in [0, 0.05) is 13.1 Å². The molecule has 178 valence electrons. The monoisotopic (exact) mass is 446 g/mol. The number of aliphatic hydroxyl groups excluding tert-OH is 1. The molecule has 0 aromatic heterocycles. The van der Waals surface area contributed by atoms with Gasteiger partial charge in [-0.25, -0.2) is 9.59 Å². The van der Waals surface area contributed by atoms with Gasteiger partial charge < -0.3 is 25.2 Å². The van der Waals surface area contributed by atoms with Gasteiger partial charge in [-0.3, -0.25) is 0 Å². The number of hydrogen-bond donors (Lipinski definition) is 3. The number of aliphatic hydroxyl groups is 1. The van der Waals surface area contributed by atoms with E-state index in [1.165, 1.54) is 25.7 Å². The lowest BCUT2D eigenvalue weighted by Gasteiger charge is -2.13. The molecule has 2 unspecified atom stereocenters. The Hall–Kier alpha value is -2.02. The number of allylic oxidation sites excluding steroid dienone is 4. The molecular formula is C25H38N2O5. The minimum absolute atomic E-state index is 0.0281. The van der Waals surface area contributed by atoms with Crippen molar-refractivity contribution in [1.82, 2.24) is 10.6 Å². The number of amides is 2. The Morgan fingerprint density at radius 2 is 1.06 bits per heavy atom. The van der Waals surface area contributed by atoms with E-state index >= 15 is 0 Å². The summed E-state index contributed by atoms with van der Waals surface area (Å²) in [6, 6.07) is 0. The quantitative estimate of drug-likeness (QED) is 0.493. The highest BCUT2D eigenvalue weighted by Gasteiger charge is 2.50. The van der Waals surface area contributed by atoms with Gasteiger partial charge in [-0.1, -0.05) is 24.3 Å². The maximum absolute atomic E-state index is 11.9. The van der Waals surface area contributed by atoms with Gasteiger partial charge >= 0.3 is 12.2 Å². The second-order valence-electron chi connectivity index (χ2n) is 9.85. The van der Waals surface area contributed by atoms with Crippen molar-refractivity contribution in [3.8, 4) is 0 Å². The summed E-state index contributed by atoms with van der Waals surface area (Å²) in [5.41, 5.74) is 0. The lowest BCUT2D eigenvalue weighted by atomic mass is 10.1. The lowest BCUT2D eigenvalue weighted by molar-refractivity contribution is 0.116. The first-order chi connectivity index (χ1) is 15.6. The van der Waals surface area contributed by atoms with Gasteiger partial charge in [-0.2, -0.15) is 0 Å². The van der Waals surface area contributed by atoms with Crippen molar-refractivity contribution < 1.29 is 24.2 Å². The second-order valence-corrected chi connectivity index (χ2v) is 9.85. The summed E-state index contributed by atoms with van der Waals surface area (Å²) in [5, 5.41) is 15.2. The van der Waals surface area contributed by atoms with Crippen LogP contribution in [0.1, 0.15) is 51.4 Å². The summed E-state index contributed by atoms with van der Waals surface area (Å²) < 4.78 is 10.7. The van der Waals surface area contributed by atoms with E-state index in [-0.39, 0.29) is 13.1 Å². The molecule has 0 bridgehead atoms. The van der Waals surface area contributed by atoms with Crippen molar-refractivity contribution >= 4 is 12.2 Å². The molecule has 0 heterocycles. The number of ether oxygens (including phenoxy) is 2. The van der Waals surface area contributed by atoms with Crippen LogP contribution in [0, 0.1) is 35.5 Å². The zero-order valence-corrected chi connectivity index (χ0v) is 18.9. The van der Waals surface area contributed by atoms with Crippen LogP contribution in [0.15, 0.2) is 24.3 Å². The summed E-state index contributed by atoms with van der Waals surface area (Å²) in [4.78, 5) is 23.9. The third kappa shape index (κ3) is 6.50. The minimum atomic E-state index is -0.890. The van der Waals surface area contributed by atoms with Gasteiger partial charge in [0.1, 0.15) is 0 Å². The molecule has 2 saturated carbocycles. The molecule has 4 aliphatic carbocycles. The van der Waals surface area contributed by atoms with Crippen molar-refractivity contribution in [2.24, 2.45) is 35.5 Å². The van der Waals surface area contributed by atoms with Crippen molar-refractivity contribution in [2.75, 3.05) is 26.3 Å². The zero-order valence-electron chi connectivity index (χ0n) is 18.9. The van der Waals surface area contributed by atoms with Gasteiger partial charge in [0.25, 0.3) is 0 Å². The van der Waals surface area contributed by atoms with Crippen molar-refractivity contribution in [2.45, 2.75) is 57.5 Å². The van der Waals surface area contributed by atoms with Crippen LogP contribution in [0.25, 0.3) is 0 Å². The average molecular weight is 447 g/mol. The molecular weight excluding hydrogens is 408 g/mol. The van der Waals surface area contributed by atoms with Gasteiger partial charge in [-0.15, -0.1) is 0 Å². The molecule has 3 N–H and O–H groups in total. The molecule has 7 nitrogen and oxygen atoms in total. The van der Waals surface area contributed by atoms with E-state index < -0.39 is 18.3 Å². The highest BCUT2D eigenvalue weighted by atomic mass is 16.6. The zero-order chi connectivity index (χ0) is 22.3. The van der Waals surface area contributed by atoms with Crippen LogP contribution >= 0.6 is 0 Å². The Morgan fingerprint density at radius 3 is 1.41 bits per heavy atom. The van der Waals surface area contributed by atoms with Crippen LogP contribution in [0.3, 0.4) is 0 Å². The molecule has 0 aliphatic heterocycles. The largest absolute Gasteiger partial charge is 0.449 e. The van der Waals surface area contributed by atoms with E-state index in [1.807, 2.05) is 0 Å². The molecule has 4 aliphatic rings. The molecule has 2 amide bonds. The maximum atomic E-state index is 11.9. The Labute approximate surface area is 191 Å². The fourth-order valence-electron chi connectivity index (χ4n) is 5.80. The van der Waals surface area contributed by atoms with E-state index in [9.17, 15) is 14.7 Å². The number of carbonyl (C=O) groups is 2. The fraction of sp³-hybridized carbons (Fsp3) is 0.760. The molecule has 4 rings (SSSR count). The first-order valence-corrected chi connectivity index (χ1v) is 12.4. The van der Waals surface area contributed by atoms with Crippen LogP contribution in [0.2, 0.25) is 0 Å². The van der Waals surface area contributed by atoms with Gasteiger partial charge in [0.15, 0.2) is 0 Å². The third-order valence-corrected chi connectivity index (χ3v) is 7.80. The predicted octanol–water partition coefficient (Wildman–Crippen LogP) is 3.78. The number of nitrogens with one attached hydrogen (secondary N) is 2. The van der Waals surface area contributed by atoms with E-state index in [0.29, 0.717) is 48.7 Å². The summed E-state index contributed by atoms with van der Waals surface area (Å²) in [6.45, 7) is 0.947. The number of hydrogen-bond acceptors (Lipinski definition) is 5. The second kappa shape index (κ2) is 11.2. The van der Waals surface area contributed by atoms with Crippen molar-refractivity contribution in [3.63, 3.8) is 0 Å². The first kappa shape index (κ1) is 23.1. The SMILES string of the molecule is O=C(NCC(O)CNC(=O)OCC1[C@H]2CC/C=C\CC[C@@H]12)OCC1[C@H]2CC/C=C\CC[C@@H]12. The van der Waals surface area contributed by atoms with Crippen molar-refractivity contribution in [1.29, 1.82) is 0 Å². The maximum Gasteiger partial charge on any atom is 0.407 e. The molecule has 6 atom stereocenters. The molecule has 32 heavy (non-hydrogen) atoms. The number of alkyl carbamates (subject to hydrolysis) is 2. The molecule has 0 radical (unpaired) electrons. The Balaban J connectivity index is 1.03. The van der Waals surface area contributed by atoms with Crippen LogP contribution in [0.4, 0.5) is 9.59 Å². The number of fused-ring (bicyclic) bond motifs is 2. The highest BCUT2D eigenvalue weighted by Crippen LogP contribution is 2.53. The van der Waals surface area contributed by atoms with Gasteiger partial charge in [0.05, 0.1) is 19.3 Å². The van der Waals surface area contributed by atoms with Crippen LogP contribution in [-0.2, 0) is 9.47 Å². The lowest BCUT2D eigenvalue weighted by Crippen LogP contribution is -2.40. The molecule has 7 heteroatoms. The summed E-state index contributed by atoms with van der Waals surface area (Å²) >= 11 is 0. The highest BCUT2D eigenvalue weighted by molar-refractivity contribution is 5.68. The van der Waals surface area contributed by atoms with E-state index in [1.54, 1.807) is 0 Å². The smallest absolute Gasteiger partial charge is 0.407 e. The van der Waals surface area contributed by atoms with Gasteiger partial charge in [-0.05, 0) is 86.9 Å².